The number of fused-ring (bicyclic) bond motifs is 1. The van der Waals surface area contributed by atoms with Crippen LogP contribution in [-0.2, 0) is 20.1 Å². The number of imidazole rings is 1. The molecule has 9 heteroatoms. The van der Waals surface area contributed by atoms with Gasteiger partial charge in [0.25, 0.3) is 0 Å². The second-order valence-electron chi connectivity index (χ2n) is 5.95. The Morgan fingerprint density at radius 3 is 2.81 bits per heavy atom. The van der Waals surface area contributed by atoms with Crippen LogP contribution >= 0.6 is 24.0 Å². The SMILES string of the molecule is CCNC(=NCc1cn2c(C)cccc2n1)N(C)Cc1ncnn1C.I. The Balaban J connectivity index is 0.00000243. The number of guanidine groups is 1. The van der Waals surface area contributed by atoms with E-state index in [1.54, 1.807) is 11.0 Å². The molecule has 0 bridgehead atoms. The van der Waals surface area contributed by atoms with Crippen LogP contribution in [-0.4, -0.2) is 48.6 Å². The molecular formula is C17H25IN8. The molecule has 0 amide bonds. The van der Waals surface area contributed by atoms with Crippen LogP contribution in [0.3, 0.4) is 0 Å². The van der Waals surface area contributed by atoms with Crippen molar-refractivity contribution in [2.45, 2.75) is 26.9 Å². The highest BCUT2D eigenvalue weighted by Crippen LogP contribution is 2.09. The van der Waals surface area contributed by atoms with Crippen LogP contribution in [0.4, 0.5) is 0 Å². The molecule has 0 saturated heterocycles. The normalized spacial score (nSPS) is 11.5. The first kappa shape index (κ1) is 20.1. The van der Waals surface area contributed by atoms with E-state index in [1.165, 1.54) is 0 Å². The number of aromatic nitrogens is 5. The van der Waals surface area contributed by atoms with E-state index < -0.39 is 0 Å². The van der Waals surface area contributed by atoms with E-state index in [1.807, 2.05) is 37.3 Å². The number of hydrogen-bond donors (Lipinski definition) is 1. The minimum absolute atomic E-state index is 0. The van der Waals surface area contributed by atoms with Gasteiger partial charge in [-0.25, -0.2) is 15.0 Å². The van der Waals surface area contributed by atoms with Crippen LogP contribution in [0.25, 0.3) is 5.65 Å². The lowest BCUT2D eigenvalue weighted by Gasteiger charge is -2.21. The smallest absolute Gasteiger partial charge is 0.194 e. The maximum Gasteiger partial charge on any atom is 0.194 e. The van der Waals surface area contributed by atoms with Crippen molar-refractivity contribution in [3.63, 3.8) is 0 Å². The van der Waals surface area contributed by atoms with Crippen molar-refractivity contribution in [2.75, 3.05) is 13.6 Å². The van der Waals surface area contributed by atoms with Crippen molar-refractivity contribution in [1.29, 1.82) is 0 Å². The predicted octanol–water partition coefficient (Wildman–Crippen LogP) is 1.99. The zero-order chi connectivity index (χ0) is 17.8. The number of halogens is 1. The Bertz CT molecular complexity index is 882. The summed E-state index contributed by atoms with van der Waals surface area (Å²) in [5, 5.41) is 7.42. The third-order valence-electron chi connectivity index (χ3n) is 4.02. The van der Waals surface area contributed by atoms with Crippen LogP contribution in [0.2, 0.25) is 0 Å². The minimum Gasteiger partial charge on any atom is -0.357 e. The minimum atomic E-state index is 0. The molecule has 3 aromatic heterocycles. The van der Waals surface area contributed by atoms with Crippen LogP contribution in [0.1, 0.15) is 24.1 Å². The van der Waals surface area contributed by atoms with Gasteiger partial charge >= 0.3 is 0 Å². The van der Waals surface area contributed by atoms with E-state index in [4.69, 9.17) is 4.99 Å². The van der Waals surface area contributed by atoms with E-state index in [2.05, 4.69) is 44.7 Å². The molecule has 0 spiro atoms. The summed E-state index contributed by atoms with van der Waals surface area (Å²) in [6.07, 6.45) is 3.60. The summed E-state index contributed by atoms with van der Waals surface area (Å²) >= 11 is 0. The highest BCUT2D eigenvalue weighted by atomic mass is 127. The number of rotatable bonds is 5. The second kappa shape index (κ2) is 8.97. The summed E-state index contributed by atoms with van der Waals surface area (Å²) < 4.78 is 3.85. The van der Waals surface area contributed by atoms with E-state index in [0.29, 0.717) is 13.1 Å². The number of nitrogens with zero attached hydrogens (tertiary/aromatic N) is 7. The summed E-state index contributed by atoms with van der Waals surface area (Å²) in [7, 11) is 3.88. The first-order chi connectivity index (χ1) is 12.1. The average Bonchev–Trinajstić information content (AvgIpc) is 3.18. The van der Waals surface area contributed by atoms with E-state index in [-0.39, 0.29) is 24.0 Å². The molecular weight excluding hydrogens is 443 g/mol. The van der Waals surface area contributed by atoms with Crippen LogP contribution in [0, 0.1) is 6.92 Å². The van der Waals surface area contributed by atoms with Gasteiger partial charge in [0, 0.05) is 32.5 Å². The number of pyridine rings is 1. The lowest BCUT2D eigenvalue weighted by atomic mass is 10.4. The molecule has 0 saturated carbocycles. The highest BCUT2D eigenvalue weighted by Gasteiger charge is 2.10. The van der Waals surface area contributed by atoms with E-state index >= 15 is 0 Å². The molecule has 0 atom stereocenters. The number of aryl methyl sites for hydroxylation is 2. The van der Waals surface area contributed by atoms with Crippen LogP contribution in [0.5, 0.6) is 0 Å². The van der Waals surface area contributed by atoms with Gasteiger partial charge in [-0.2, -0.15) is 5.10 Å². The Morgan fingerprint density at radius 1 is 1.35 bits per heavy atom. The number of nitrogens with one attached hydrogen (secondary N) is 1. The molecule has 26 heavy (non-hydrogen) atoms. The van der Waals surface area contributed by atoms with Gasteiger partial charge in [-0.3, -0.25) is 4.68 Å². The first-order valence-electron chi connectivity index (χ1n) is 8.34. The molecule has 0 aliphatic heterocycles. The zero-order valence-corrected chi connectivity index (χ0v) is 17.9. The molecule has 3 heterocycles. The van der Waals surface area contributed by atoms with Crippen LogP contribution in [0.15, 0.2) is 35.7 Å². The number of hydrogen-bond acceptors (Lipinski definition) is 4. The molecule has 3 rings (SSSR count). The van der Waals surface area contributed by atoms with Gasteiger partial charge in [0.05, 0.1) is 18.8 Å². The fourth-order valence-electron chi connectivity index (χ4n) is 2.65. The van der Waals surface area contributed by atoms with Crippen molar-refractivity contribution >= 4 is 35.6 Å². The molecule has 0 fully saturated rings. The molecule has 0 radical (unpaired) electrons. The quantitative estimate of drug-likeness (QED) is 0.352. The summed E-state index contributed by atoms with van der Waals surface area (Å²) in [6, 6.07) is 6.09. The van der Waals surface area contributed by atoms with E-state index in [0.717, 1.165) is 35.4 Å². The molecule has 0 aliphatic rings. The summed E-state index contributed by atoms with van der Waals surface area (Å²) in [4.78, 5) is 15.7. The summed E-state index contributed by atoms with van der Waals surface area (Å²) in [6.45, 7) is 6.08. The standard InChI is InChI=1S/C17H24N8.HI/c1-5-18-17(23(3)11-16-20-12-21-24(16)4)19-9-14-10-25-13(2)7-6-8-15(25)22-14;/h6-8,10,12H,5,9,11H2,1-4H3,(H,18,19);1H. The van der Waals surface area contributed by atoms with Gasteiger partial charge in [0.15, 0.2) is 5.96 Å². The monoisotopic (exact) mass is 468 g/mol. The second-order valence-corrected chi connectivity index (χ2v) is 5.95. The Labute approximate surface area is 170 Å². The topological polar surface area (TPSA) is 75.6 Å². The van der Waals surface area contributed by atoms with Gasteiger partial charge in [-0.15, -0.1) is 24.0 Å². The van der Waals surface area contributed by atoms with Gasteiger partial charge in [0.1, 0.15) is 17.8 Å². The fourth-order valence-corrected chi connectivity index (χ4v) is 2.65. The lowest BCUT2D eigenvalue weighted by Crippen LogP contribution is -2.39. The van der Waals surface area contributed by atoms with E-state index in [9.17, 15) is 0 Å². The van der Waals surface area contributed by atoms with Crippen LogP contribution < -0.4 is 5.32 Å². The first-order valence-corrected chi connectivity index (χ1v) is 8.34. The number of aliphatic imine (C=N–C) groups is 1. The van der Waals surface area contributed by atoms with Crippen molar-refractivity contribution in [2.24, 2.45) is 12.0 Å². The third kappa shape index (κ3) is 4.51. The molecule has 0 aliphatic carbocycles. The van der Waals surface area contributed by atoms with Crippen molar-refractivity contribution in [3.05, 3.63) is 47.9 Å². The van der Waals surface area contributed by atoms with Gasteiger partial charge in [-0.05, 0) is 26.0 Å². The lowest BCUT2D eigenvalue weighted by molar-refractivity contribution is 0.448. The van der Waals surface area contributed by atoms with Crippen molar-refractivity contribution in [3.8, 4) is 0 Å². The van der Waals surface area contributed by atoms with Gasteiger partial charge < -0.3 is 14.6 Å². The molecule has 1 N–H and O–H groups in total. The Morgan fingerprint density at radius 2 is 2.15 bits per heavy atom. The maximum atomic E-state index is 4.72. The maximum absolute atomic E-state index is 4.72. The van der Waals surface area contributed by atoms with Gasteiger partial charge in [0.2, 0.25) is 0 Å². The fraction of sp³-hybridized carbons (Fsp3) is 0.412. The average molecular weight is 468 g/mol. The predicted molar refractivity (Wildman–Crippen MR) is 113 cm³/mol. The largest absolute Gasteiger partial charge is 0.357 e. The molecule has 140 valence electrons. The summed E-state index contributed by atoms with van der Waals surface area (Å²) in [5.41, 5.74) is 3.05. The molecule has 0 aromatic carbocycles. The van der Waals surface area contributed by atoms with Crippen molar-refractivity contribution in [1.82, 2.24) is 34.4 Å². The van der Waals surface area contributed by atoms with Gasteiger partial charge in [-0.1, -0.05) is 6.07 Å². The Kier molecular flexibility index (Phi) is 6.95. The molecule has 0 unspecified atom stereocenters. The molecule has 8 nitrogen and oxygen atoms in total. The zero-order valence-electron chi connectivity index (χ0n) is 15.5. The summed E-state index contributed by atoms with van der Waals surface area (Å²) in [5.74, 6) is 1.70. The van der Waals surface area contributed by atoms with Crippen molar-refractivity contribution < 1.29 is 0 Å². The molecule has 3 aromatic rings. The third-order valence-corrected chi connectivity index (χ3v) is 4.02. The highest BCUT2D eigenvalue weighted by molar-refractivity contribution is 14.0. The Hall–Kier alpha value is -2.17.